The maximum absolute atomic E-state index is 13.3. The summed E-state index contributed by atoms with van der Waals surface area (Å²) in [5.41, 5.74) is 4.90. The van der Waals surface area contributed by atoms with Crippen molar-refractivity contribution in [3.8, 4) is 5.75 Å². The quantitative estimate of drug-likeness (QED) is 0.841. The topological polar surface area (TPSA) is 55.5 Å². The van der Waals surface area contributed by atoms with Gasteiger partial charge in [-0.3, -0.25) is 0 Å². The summed E-state index contributed by atoms with van der Waals surface area (Å²) in [5.74, 6) is -0.805. The predicted molar refractivity (Wildman–Crippen MR) is 63.8 cm³/mol. The van der Waals surface area contributed by atoms with Crippen LogP contribution in [0.3, 0.4) is 0 Å². The van der Waals surface area contributed by atoms with Crippen molar-refractivity contribution in [1.29, 1.82) is 0 Å². The van der Waals surface area contributed by atoms with E-state index in [0.717, 1.165) is 6.07 Å². The first-order chi connectivity index (χ1) is 8.25. The third-order valence-electron chi connectivity index (χ3n) is 2.46. The number of halogens is 5. The summed E-state index contributed by atoms with van der Waals surface area (Å²) in [7, 11) is 1.26. The van der Waals surface area contributed by atoms with Crippen LogP contribution >= 0.6 is 12.4 Å². The lowest BCUT2D eigenvalue weighted by molar-refractivity contribution is -0.153. The monoisotopic (exact) mass is 303 g/mol. The number of benzene rings is 1. The number of hydrogen-bond donors (Lipinski definition) is 2. The Morgan fingerprint density at radius 2 is 1.95 bits per heavy atom. The van der Waals surface area contributed by atoms with Gasteiger partial charge in [0, 0.05) is 6.42 Å². The SMILES string of the molecule is COc1ccc([C@H](O)C[C@@H](N)C(F)(F)F)cc1F.Cl. The zero-order chi connectivity index (χ0) is 13.9. The molecule has 0 heterocycles. The van der Waals surface area contributed by atoms with Gasteiger partial charge >= 0.3 is 6.18 Å². The van der Waals surface area contributed by atoms with Crippen LogP contribution in [0.15, 0.2) is 18.2 Å². The number of hydrogen-bond acceptors (Lipinski definition) is 3. The molecular formula is C11H14ClF4NO2. The van der Waals surface area contributed by atoms with Crippen molar-refractivity contribution in [3.63, 3.8) is 0 Å². The zero-order valence-electron chi connectivity index (χ0n) is 9.95. The molecule has 3 N–H and O–H groups in total. The van der Waals surface area contributed by atoms with E-state index in [-0.39, 0.29) is 23.7 Å². The van der Waals surface area contributed by atoms with Crippen LogP contribution in [0, 0.1) is 5.82 Å². The van der Waals surface area contributed by atoms with Gasteiger partial charge < -0.3 is 15.6 Å². The molecular weight excluding hydrogens is 290 g/mol. The fraction of sp³-hybridized carbons (Fsp3) is 0.455. The van der Waals surface area contributed by atoms with Gasteiger partial charge in [-0.25, -0.2) is 4.39 Å². The Kier molecular flexibility index (Phi) is 6.54. The summed E-state index contributed by atoms with van der Waals surface area (Å²) in [6, 6.07) is 1.28. The summed E-state index contributed by atoms with van der Waals surface area (Å²) >= 11 is 0. The molecule has 0 spiro atoms. The van der Waals surface area contributed by atoms with Crippen LogP contribution in [0.25, 0.3) is 0 Å². The number of rotatable bonds is 4. The normalized spacial score (nSPS) is 14.5. The Hall–Kier alpha value is -1.05. The molecule has 0 bridgehead atoms. The minimum atomic E-state index is -4.59. The van der Waals surface area contributed by atoms with Crippen LogP contribution in [0.5, 0.6) is 5.75 Å². The molecule has 0 aliphatic rings. The molecule has 0 fully saturated rings. The van der Waals surface area contributed by atoms with Crippen molar-refractivity contribution in [2.75, 3.05) is 7.11 Å². The average Bonchev–Trinajstić information content (AvgIpc) is 2.27. The maximum Gasteiger partial charge on any atom is 0.403 e. The van der Waals surface area contributed by atoms with E-state index in [0.29, 0.717) is 0 Å². The summed E-state index contributed by atoms with van der Waals surface area (Å²) < 4.78 is 54.5. The summed E-state index contributed by atoms with van der Waals surface area (Å²) in [5, 5.41) is 9.55. The first-order valence-electron chi connectivity index (χ1n) is 5.09. The molecule has 110 valence electrons. The zero-order valence-corrected chi connectivity index (χ0v) is 10.8. The summed E-state index contributed by atoms with van der Waals surface area (Å²) in [4.78, 5) is 0. The molecule has 3 nitrogen and oxygen atoms in total. The van der Waals surface area contributed by atoms with E-state index in [4.69, 9.17) is 5.73 Å². The molecule has 0 unspecified atom stereocenters. The largest absolute Gasteiger partial charge is 0.494 e. The Balaban J connectivity index is 0.00000324. The highest BCUT2D eigenvalue weighted by Gasteiger charge is 2.38. The molecule has 0 aliphatic carbocycles. The van der Waals surface area contributed by atoms with Crippen molar-refractivity contribution < 1.29 is 27.4 Å². The molecule has 0 aromatic heterocycles. The third kappa shape index (κ3) is 4.85. The van der Waals surface area contributed by atoms with E-state index in [1.165, 1.54) is 19.2 Å². The minimum Gasteiger partial charge on any atom is -0.494 e. The van der Waals surface area contributed by atoms with Crippen LogP contribution in [0.1, 0.15) is 18.1 Å². The van der Waals surface area contributed by atoms with Crippen LogP contribution < -0.4 is 10.5 Å². The van der Waals surface area contributed by atoms with Gasteiger partial charge in [0.05, 0.1) is 13.2 Å². The van der Waals surface area contributed by atoms with Gasteiger partial charge in [-0.2, -0.15) is 13.2 Å². The van der Waals surface area contributed by atoms with Gasteiger partial charge in [-0.15, -0.1) is 12.4 Å². The van der Waals surface area contributed by atoms with Crippen molar-refractivity contribution in [3.05, 3.63) is 29.6 Å². The summed E-state index contributed by atoms with van der Waals surface area (Å²) in [6.07, 6.45) is -6.80. The van der Waals surface area contributed by atoms with Crippen molar-refractivity contribution in [2.24, 2.45) is 5.73 Å². The molecule has 0 saturated carbocycles. The van der Waals surface area contributed by atoms with Crippen molar-refractivity contribution in [2.45, 2.75) is 24.7 Å². The highest BCUT2D eigenvalue weighted by molar-refractivity contribution is 5.85. The van der Waals surface area contributed by atoms with Crippen LogP contribution in [0.2, 0.25) is 0 Å². The number of nitrogens with two attached hydrogens (primary N) is 1. The number of aliphatic hydroxyl groups is 1. The molecule has 1 aromatic rings. The lowest BCUT2D eigenvalue weighted by Crippen LogP contribution is -2.38. The second kappa shape index (κ2) is 6.93. The molecule has 0 saturated heterocycles. The van der Waals surface area contributed by atoms with Gasteiger partial charge in [-0.05, 0) is 17.7 Å². The summed E-state index contributed by atoms with van der Waals surface area (Å²) in [6.45, 7) is 0. The second-order valence-electron chi connectivity index (χ2n) is 3.79. The molecule has 0 aliphatic heterocycles. The van der Waals surface area contributed by atoms with Crippen molar-refractivity contribution >= 4 is 12.4 Å². The molecule has 8 heteroatoms. The van der Waals surface area contributed by atoms with Crippen LogP contribution in [-0.4, -0.2) is 24.4 Å². The first kappa shape index (κ1) is 17.9. The third-order valence-corrected chi connectivity index (χ3v) is 2.46. The Morgan fingerprint density at radius 3 is 2.37 bits per heavy atom. The molecule has 0 radical (unpaired) electrons. The van der Waals surface area contributed by atoms with E-state index in [1.807, 2.05) is 0 Å². The van der Waals surface area contributed by atoms with Gasteiger partial charge in [0.1, 0.15) is 6.04 Å². The Bertz CT molecular complexity index is 414. The number of ether oxygens (including phenoxy) is 1. The van der Waals surface area contributed by atoms with E-state index in [2.05, 4.69) is 4.74 Å². The first-order valence-corrected chi connectivity index (χ1v) is 5.09. The highest BCUT2D eigenvalue weighted by atomic mass is 35.5. The smallest absolute Gasteiger partial charge is 0.403 e. The van der Waals surface area contributed by atoms with Gasteiger partial charge in [0.2, 0.25) is 0 Å². The Labute approximate surface area is 113 Å². The lowest BCUT2D eigenvalue weighted by Gasteiger charge is -2.19. The number of aliphatic hydroxyl groups excluding tert-OH is 1. The maximum atomic E-state index is 13.3. The van der Waals surface area contributed by atoms with E-state index in [9.17, 15) is 22.7 Å². The molecule has 2 atom stereocenters. The predicted octanol–water partition coefficient (Wildman–Crippen LogP) is 2.57. The van der Waals surface area contributed by atoms with E-state index >= 15 is 0 Å². The average molecular weight is 304 g/mol. The number of methoxy groups -OCH3 is 1. The van der Waals surface area contributed by atoms with Gasteiger partial charge in [-0.1, -0.05) is 6.07 Å². The second-order valence-corrected chi connectivity index (χ2v) is 3.79. The lowest BCUT2D eigenvalue weighted by atomic mass is 10.0. The molecule has 1 rings (SSSR count). The van der Waals surface area contributed by atoms with E-state index < -0.39 is 30.6 Å². The minimum absolute atomic E-state index is 0. The van der Waals surface area contributed by atoms with E-state index in [1.54, 1.807) is 0 Å². The number of alkyl halides is 3. The fourth-order valence-corrected chi connectivity index (χ4v) is 1.40. The standard InChI is InChI=1S/C11H13F4NO2.ClH/c1-18-9-3-2-6(4-7(9)12)8(17)5-10(16)11(13,14)15;/h2-4,8,10,17H,5,16H2,1H3;1H/t8-,10-;/m1./s1. The molecule has 19 heavy (non-hydrogen) atoms. The van der Waals surface area contributed by atoms with Crippen LogP contribution in [-0.2, 0) is 0 Å². The van der Waals surface area contributed by atoms with Gasteiger partial charge in [0.25, 0.3) is 0 Å². The molecule has 0 amide bonds. The fourth-order valence-electron chi connectivity index (χ4n) is 1.40. The Morgan fingerprint density at radius 1 is 1.37 bits per heavy atom. The highest BCUT2D eigenvalue weighted by Crippen LogP contribution is 2.28. The van der Waals surface area contributed by atoms with Crippen molar-refractivity contribution in [1.82, 2.24) is 0 Å². The van der Waals surface area contributed by atoms with Crippen LogP contribution in [0.4, 0.5) is 17.6 Å². The van der Waals surface area contributed by atoms with Gasteiger partial charge in [0.15, 0.2) is 11.6 Å². The molecule has 1 aromatic carbocycles.